The Morgan fingerprint density at radius 1 is 1.50 bits per heavy atom. The standard InChI is InChI=1S/C15H24N4O2S/c1-3-21-15(20)19-13(11-6-7-11)10-18-14(16-2)17-9-12-5-4-8-22-12/h4-5,8,11,13H,3,6-7,9-10H2,1-2H3,(H,19,20)(H2,16,17,18). The van der Waals surface area contributed by atoms with E-state index in [9.17, 15) is 4.79 Å². The topological polar surface area (TPSA) is 74.8 Å². The minimum atomic E-state index is -0.345. The van der Waals surface area contributed by atoms with Gasteiger partial charge in [-0.05, 0) is 37.1 Å². The van der Waals surface area contributed by atoms with Crippen LogP contribution in [0.4, 0.5) is 4.79 Å². The van der Waals surface area contributed by atoms with Crippen molar-refractivity contribution in [1.29, 1.82) is 0 Å². The number of carbonyl (C=O) groups is 1. The Labute approximate surface area is 135 Å². The SMILES string of the molecule is CCOC(=O)NC(CNC(=NC)NCc1cccs1)C1CC1. The van der Waals surface area contributed by atoms with E-state index >= 15 is 0 Å². The van der Waals surface area contributed by atoms with E-state index in [1.54, 1.807) is 25.3 Å². The smallest absolute Gasteiger partial charge is 0.407 e. The van der Waals surface area contributed by atoms with Gasteiger partial charge in [0.25, 0.3) is 0 Å². The van der Waals surface area contributed by atoms with E-state index in [-0.39, 0.29) is 12.1 Å². The van der Waals surface area contributed by atoms with E-state index in [0.29, 0.717) is 19.1 Å². The summed E-state index contributed by atoms with van der Waals surface area (Å²) in [7, 11) is 1.74. The lowest BCUT2D eigenvalue weighted by Crippen LogP contribution is -2.48. The number of ether oxygens (including phenoxy) is 1. The molecule has 1 atom stereocenters. The molecular weight excluding hydrogens is 300 g/mol. The summed E-state index contributed by atoms with van der Waals surface area (Å²) in [6.45, 7) is 3.59. The first kappa shape index (κ1) is 16.6. The highest BCUT2D eigenvalue weighted by molar-refractivity contribution is 7.09. The summed E-state index contributed by atoms with van der Waals surface area (Å²) in [5.41, 5.74) is 0. The molecule has 1 saturated carbocycles. The van der Waals surface area contributed by atoms with Crippen molar-refractivity contribution in [3.05, 3.63) is 22.4 Å². The van der Waals surface area contributed by atoms with Crippen molar-refractivity contribution in [3.8, 4) is 0 Å². The van der Waals surface area contributed by atoms with Gasteiger partial charge in [-0.15, -0.1) is 11.3 Å². The maximum atomic E-state index is 11.6. The first-order valence-corrected chi connectivity index (χ1v) is 8.51. The molecule has 2 rings (SSSR count). The van der Waals surface area contributed by atoms with Gasteiger partial charge in [-0.1, -0.05) is 6.07 Å². The monoisotopic (exact) mass is 324 g/mol. The van der Waals surface area contributed by atoms with Gasteiger partial charge < -0.3 is 20.7 Å². The number of thiophene rings is 1. The van der Waals surface area contributed by atoms with Gasteiger partial charge in [-0.3, -0.25) is 4.99 Å². The van der Waals surface area contributed by atoms with Crippen LogP contribution in [0.2, 0.25) is 0 Å². The van der Waals surface area contributed by atoms with Gasteiger partial charge in [0.2, 0.25) is 0 Å². The quantitative estimate of drug-likeness (QED) is 0.529. The molecule has 1 aromatic rings. The van der Waals surface area contributed by atoms with Crippen LogP contribution >= 0.6 is 11.3 Å². The van der Waals surface area contributed by atoms with Crippen molar-refractivity contribution < 1.29 is 9.53 Å². The van der Waals surface area contributed by atoms with Crippen molar-refractivity contribution in [2.45, 2.75) is 32.4 Å². The molecule has 1 amide bonds. The van der Waals surface area contributed by atoms with Gasteiger partial charge in [0, 0.05) is 18.5 Å². The van der Waals surface area contributed by atoms with Gasteiger partial charge >= 0.3 is 6.09 Å². The molecule has 0 aliphatic heterocycles. The second kappa shape index (κ2) is 8.63. The lowest BCUT2D eigenvalue weighted by molar-refractivity contribution is 0.146. The number of hydrogen-bond acceptors (Lipinski definition) is 4. The zero-order valence-electron chi connectivity index (χ0n) is 13.1. The second-order valence-corrected chi connectivity index (χ2v) is 6.23. The fourth-order valence-corrected chi connectivity index (χ4v) is 2.81. The van der Waals surface area contributed by atoms with Crippen LogP contribution in [-0.2, 0) is 11.3 Å². The Bertz CT molecular complexity index is 486. The summed E-state index contributed by atoms with van der Waals surface area (Å²) in [6.07, 6.45) is 1.96. The number of nitrogens with one attached hydrogen (secondary N) is 3. The van der Waals surface area contributed by atoms with Crippen molar-refractivity contribution in [2.75, 3.05) is 20.2 Å². The molecule has 122 valence electrons. The van der Waals surface area contributed by atoms with Crippen molar-refractivity contribution in [1.82, 2.24) is 16.0 Å². The molecule has 7 heteroatoms. The first-order chi connectivity index (χ1) is 10.7. The van der Waals surface area contributed by atoms with Crippen LogP contribution in [0, 0.1) is 5.92 Å². The van der Waals surface area contributed by atoms with Crippen LogP contribution in [0.5, 0.6) is 0 Å². The van der Waals surface area contributed by atoms with E-state index in [1.807, 2.05) is 6.07 Å². The average molecular weight is 324 g/mol. The van der Waals surface area contributed by atoms with E-state index in [2.05, 4.69) is 32.4 Å². The third-order valence-corrected chi connectivity index (χ3v) is 4.37. The number of alkyl carbamates (subject to hydrolysis) is 1. The number of guanidine groups is 1. The molecule has 6 nitrogen and oxygen atoms in total. The Kier molecular flexibility index (Phi) is 6.51. The highest BCUT2D eigenvalue weighted by atomic mass is 32.1. The van der Waals surface area contributed by atoms with Crippen molar-refractivity contribution in [2.24, 2.45) is 10.9 Å². The number of nitrogens with zero attached hydrogens (tertiary/aromatic N) is 1. The Morgan fingerprint density at radius 2 is 2.32 bits per heavy atom. The molecule has 1 aliphatic rings. The molecule has 0 aromatic carbocycles. The van der Waals surface area contributed by atoms with E-state index in [4.69, 9.17) is 4.74 Å². The molecule has 1 unspecified atom stereocenters. The van der Waals surface area contributed by atoms with Gasteiger partial charge in [-0.25, -0.2) is 4.79 Å². The highest BCUT2D eigenvalue weighted by Crippen LogP contribution is 2.32. The minimum Gasteiger partial charge on any atom is -0.450 e. The second-order valence-electron chi connectivity index (χ2n) is 5.19. The predicted molar refractivity (Wildman–Crippen MR) is 89.2 cm³/mol. The number of aliphatic imine (C=N–C) groups is 1. The summed E-state index contributed by atoms with van der Waals surface area (Å²) in [5.74, 6) is 1.28. The fraction of sp³-hybridized carbons (Fsp3) is 0.600. The molecule has 3 N–H and O–H groups in total. The summed E-state index contributed by atoms with van der Waals surface area (Å²) in [4.78, 5) is 17.0. The largest absolute Gasteiger partial charge is 0.450 e. The van der Waals surface area contributed by atoms with Gasteiger partial charge in [0.05, 0.1) is 19.2 Å². The molecular formula is C15H24N4O2S. The number of hydrogen-bond donors (Lipinski definition) is 3. The molecule has 1 aromatic heterocycles. The van der Waals surface area contributed by atoms with Gasteiger partial charge in [0.15, 0.2) is 5.96 Å². The third kappa shape index (κ3) is 5.55. The lowest BCUT2D eigenvalue weighted by atomic mass is 10.2. The Hall–Kier alpha value is -1.76. The first-order valence-electron chi connectivity index (χ1n) is 7.63. The highest BCUT2D eigenvalue weighted by Gasteiger charge is 2.32. The fourth-order valence-electron chi connectivity index (χ4n) is 2.17. The number of amides is 1. The summed E-state index contributed by atoms with van der Waals surface area (Å²) >= 11 is 1.71. The summed E-state index contributed by atoms with van der Waals surface area (Å²) < 4.78 is 4.96. The molecule has 0 radical (unpaired) electrons. The van der Waals surface area contributed by atoms with Crippen LogP contribution in [-0.4, -0.2) is 38.3 Å². The number of rotatable bonds is 7. The zero-order valence-corrected chi connectivity index (χ0v) is 13.9. The van der Waals surface area contributed by atoms with Gasteiger partial charge in [-0.2, -0.15) is 0 Å². The average Bonchev–Trinajstić information content (AvgIpc) is 3.23. The van der Waals surface area contributed by atoms with Crippen LogP contribution in [0.25, 0.3) is 0 Å². The minimum absolute atomic E-state index is 0.0827. The molecule has 0 saturated heterocycles. The van der Waals surface area contributed by atoms with Crippen LogP contribution < -0.4 is 16.0 Å². The normalized spacial score (nSPS) is 16.0. The maximum absolute atomic E-state index is 11.6. The number of carbonyl (C=O) groups excluding carboxylic acids is 1. The Morgan fingerprint density at radius 3 is 2.91 bits per heavy atom. The summed E-state index contributed by atoms with van der Waals surface area (Å²) in [6, 6.07) is 4.20. The summed E-state index contributed by atoms with van der Waals surface area (Å²) in [5, 5.41) is 11.5. The van der Waals surface area contributed by atoms with Crippen LogP contribution in [0.15, 0.2) is 22.5 Å². The van der Waals surface area contributed by atoms with Gasteiger partial charge in [0.1, 0.15) is 0 Å². The Balaban J connectivity index is 1.75. The van der Waals surface area contributed by atoms with Crippen LogP contribution in [0.3, 0.4) is 0 Å². The third-order valence-electron chi connectivity index (χ3n) is 3.49. The van der Waals surface area contributed by atoms with E-state index in [1.165, 1.54) is 4.88 Å². The molecule has 0 bridgehead atoms. The molecule has 22 heavy (non-hydrogen) atoms. The molecule has 0 spiro atoms. The maximum Gasteiger partial charge on any atom is 0.407 e. The lowest BCUT2D eigenvalue weighted by Gasteiger charge is -2.20. The molecule has 1 aliphatic carbocycles. The van der Waals surface area contributed by atoms with Crippen molar-refractivity contribution >= 4 is 23.4 Å². The zero-order chi connectivity index (χ0) is 15.8. The molecule has 1 fully saturated rings. The van der Waals surface area contributed by atoms with Crippen molar-refractivity contribution in [3.63, 3.8) is 0 Å². The van der Waals surface area contributed by atoms with E-state index < -0.39 is 0 Å². The van der Waals surface area contributed by atoms with E-state index in [0.717, 1.165) is 25.3 Å². The molecule has 1 heterocycles. The predicted octanol–water partition coefficient (Wildman–Crippen LogP) is 1.94. The van der Waals surface area contributed by atoms with Crippen LogP contribution in [0.1, 0.15) is 24.6 Å².